The number of amides is 1. The van der Waals surface area contributed by atoms with Crippen LogP contribution in [0.25, 0.3) is 0 Å². The number of carbonyl (C=O) groups excluding carboxylic acids is 1. The van der Waals surface area contributed by atoms with E-state index < -0.39 is 0 Å². The zero-order chi connectivity index (χ0) is 17.2. The maximum absolute atomic E-state index is 12.5. The van der Waals surface area contributed by atoms with Gasteiger partial charge >= 0.3 is 0 Å². The molecule has 3 fully saturated rings. The first-order valence-electron chi connectivity index (χ1n) is 9.88. The van der Waals surface area contributed by atoms with Gasteiger partial charge in [0.1, 0.15) is 5.82 Å². The molecule has 0 N–H and O–H groups in total. The lowest BCUT2D eigenvalue weighted by Gasteiger charge is -2.39. The van der Waals surface area contributed by atoms with Gasteiger partial charge in [0.2, 0.25) is 5.91 Å². The number of anilines is 1. The fourth-order valence-corrected chi connectivity index (χ4v) is 4.38. The summed E-state index contributed by atoms with van der Waals surface area (Å²) in [5.41, 5.74) is 0. The van der Waals surface area contributed by atoms with E-state index in [1.807, 2.05) is 12.3 Å². The highest BCUT2D eigenvalue weighted by Gasteiger charge is 2.42. The molecule has 3 heterocycles. The summed E-state index contributed by atoms with van der Waals surface area (Å²) >= 11 is 0. The average Bonchev–Trinajstić information content (AvgIpc) is 3.39. The summed E-state index contributed by atoms with van der Waals surface area (Å²) in [6, 6.07) is 6.13. The molecule has 0 aromatic carbocycles. The molecule has 5 nitrogen and oxygen atoms in total. The fourth-order valence-electron chi connectivity index (χ4n) is 4.38. The maximum atomic E-state index is 12.5. The van der Waals surface area contributed by atoms with Gasteiger partial charge in [-0.25, -0.2) is 4.98 Å². The average molecular weight is 342 g/mol. The van der Waals surface area contributed by atoms with Crippen molar-refractivity contribution in [1.82, 2.24) is 14.8 Å². The van der Waals surface area contributed by atoms with Crippen molar-refractivity contribution in [2.75, 3.05) is 50.7 Å². The van der Waals surface area contributed by atoms with E-state index in [4.69, 9.17) is 0 Å². The molecule has 25 heavy (non-hydrogen) atoms. The van der Waals surface area contributed by atoms with Crippen LogP contribution in [0.4, 0.5) is 5.82 Å². The molecule has 3 atom stereocenters. The molecule has 0 radical (unpaired) electrons. The molecule has 0 bridgehead atoms. The predicted molar refractivity (Wildman–Crippen MR) is 99.5 cm³/mol. The van der Waals surface area contributed by atoms with E-state index in [-0.39, 0.29) is 0 Å². The Kier molecular flexibility index (Phi) is 4.93. The van der Waals surface area contributed by atoms with Crippen LogP contribution < -0.4 is 4.90 Å². The van der Waals surface area contributed by atoms with Crippen molar-refractivity contribution >= 4 is 11.7 Å². The second kappa shape index (κ2) is 7.32. The van der Waals surface area contributed by atoms with Crippen LogP contribution in [0.15, 0.2) is 24.4 Å². The minimum absolute atomic E-state index is 0.334. The van der Waals surface area contributed by atoms with Gasteiger partial charge in [0.15, 0.2) is 0 Å². The van der Waals surface area contributed by atoms with Crippen molar-refractivity contribution in [2.45, 2.75) is 26.2 Å². The van der Waals surface area contributed by atoms with Crippen LogP contribution in [-0.2, 0) is 4.79 Å². The van der Waals surface area contributed by atoms with E-state index in [2.05, 4.69) is 38.7 Å². The summed E-state index contributed by atoms with van der Waals surface area (Å²) in [6.45, 7) is 9.58. The van der Waals surface area contributed by atoms with Crippen molar-refractivity contribution in [1.29, 1.82) is 0 Å². The Morgan fingerprint density at radius 1 is 1.20 bits per heavy atom. The van der Waals surface area contributed by atoms with Gasteiger partial charge in [0.05, 0.1) is 0 Å². The summed E-state index contributed by atoms with van der Waals surface area (Å²) in [5, 5.41) is 0. The Labute approximate surface area is 151 Å². The Morgan fingerprint density at radius 3 is 2.68 bits per heavy atom. The molecular weight excluding hydrogens is 312 g/mol. The minimum Gasteiger partial charge on any atom is -0.354 e. The Bertz CT molecular complexity index is 585. The van der Waals surface area contributed by atoms with E-state index >= 15 is 0 Å². The third-order valence-corrected chi connectivity index (χ3v) is 6.12. The second-order valence-corrected chi connectivity index (χ2v) is 8.09. The highest BCUT2D eigenvalue weighted by Crippen LogP contribution is 2.39. The number of piperazine rings is 1. The molecule has 1 amide bonds. The number of carbonyl (C=O) groups is 1. The van der Waals surface area contributed by atoms with Crippen LogP contribution in [0.2, 0.25) is 0 Å². The second-order valence-electron chi connectivity index (χ2n) is 8.09. The Hall–Kier alpha value is -1.62. The van der Waals surface area contributed by atoms with Gasteiger partial charge in [-0.1, -0.05) is 13.0 Å². The van der Waals surface area contributed by atoms with Crippen molar-refractivity contribution in [3.8, 4) is 0 Å². The summed E-state index contributed by atoms with van der Waals surface area (Å²) in [6.07, 6.45) is 5.42. The Balaban J connectivity index is 1.25. The molecule has 136 valence electrons. The molecule has 4 rings (SSSR count). The quantitative estimate of drug-likeness (QED) is 0.840. The lowest BCUT2D eigenvalue weighted by atomic mass is 9.96. The smallest absolute Gasteiger partial charge is 0.225 e. The van der Waals surface area contributed by atoms with Crippen molar-refractivity contribution in [2.24, 2.45) is 17.8 Å². The van der Waals surface area contributed by atoms with Gasteiger partial charge in [0.25, 0.3) is 0 Å². The third-order valence-electron chi connectivity index (χ3n) is 6.12. The van der Waals surface area contributed by atoms with Crippen molar-refractivity contribution in [3.05, 3.63) is 24.4 Å². The molecule has 1 aliphatic carbocycles. The number of rotatable bonds is 4. The zero-order valence-corrected chi connectivity index (χ0v) is 15.3. The van der Waals surface area contributed by atoms with E-state index in [0.717, 1.165) is 58.1 Å². The Morgan fingerprint density at radius 2 is 2.00 bits per heavy atom. The largest absolute Gasteiger partial charge is 0.354 e. The van der Waals surface area contributed by atoms with E-state index in [1.165, 1.54) is 12.8 Å². The molecule has 2 saturated heterocycles. The van der Waals surface area contributed by atoms with Gasteiger partial charge in [-0.15, -0.1) is 0 Å². The molecule has 5 heteroatoms. The van der Waals surface area contributed by atoms with E-state index in [1.54, 1.807) is 0 Å². The minimum atomic E-state index is 0.334. The van der Waals surface area contributed by atoms with Gasteiger partial charge in [-0.3, -0.25) is 9.69 Å². The lowest BCUT2D eigenvalue weighted by Crippen LogP contribution is -2.50. The number of hydrogen-bond donors (Lipinski definition) is 0. The maximum Gasteiger partial charge on any atom is 0.225 e. The van der Waals surface area contributed by atoms with Gasteiger partial charge < -0.3 is 9.80 Å². The summed E-state index contributed by atoms with van der Waals surface area (Å²) in [5.74, 6) is 3.12. The molecule has 1 saturated carbocycles. The monoisotopic (exact) mass is 342 g/mol. The summed E-state index contributed by atoms with van der Waals surface area (Å²) < 4.78 is 0. The van der Waals surface area contributed by atoms with E-state index in [9.17, 15) is 4.79 Å². The number of likely N-dealkylation sites (tertiary alicyclic amines) is 1. The van der Waals surface area contributed by atoms with Crippen LogP contribution in [0, 0.1) is 17.8 Å². The SMILES string of the molecule is C[C@@H]1C[C@@H]1C(=O)N1CCC[C@H](CN2CCN(c3ccccn3)CC2)C1. The highest BCUT2D eigenvalue weighted by atomic mass is 16.2. The lowest BCUT2D eigenvalue weighted by molar-refractivity contribution is -0.134. The number of pyridine rings is 1. The number of hydrogen-bond acceptors (Lipinski definition) is 4. The van der Waals surface area contributed by atoms with Crippen molar-refractivity contribution < 1.29 is 4.79 Å². The number of piperidine rings is 1. The molecule has 1 aromatic rings. The molecule has 0 spiro atoms. The van der Waals surface area contributed by atoms with Gasteiger partial charge in [0, 0.05) is 57.9 Å². The fraction of sp³-hybridized carbons (Fsp3) is 0.700. The van der Waals surface area contributed by atoms with Gasteiger partial charge in [-0.2, -0.15) is 0 Å². The third kappa shape index (κ3) is 3.97. The van der Waals surface area contributed by atoms with Crippen LogP contribution in [0.3, 0.4) is 0 Å². The van der Waals surface area contributed by atoms with Crippen LogP contribution >= 0.6 is 0 Å². The summed E-state index contributed by atoms with van der Waals surface area (Å²) in [7, 11) is 0. The topological polar surface area (TPSA) is 39.7 Å². The normalized spacial score (nSPS) is 30.4. The first-order valence-corrected chi connectivity index (χ1v) is 9.88. The molecule has 0 unspecified atom stereocenters. The molecular formula is C20H30N4O. The number of nitrogens with zero attached hydrogens (tertiary/aromatic N) is 4. The van der Waals surface area contributed by atoms with Crippen LogP contribution in [0.5, 0.6) is 0 Å². The zero-order valence-electron chi connectivity index (χ0n) is 15.3. The van der Waals surface area contributed by atoms with Crippen molar-refractivity contribution in [3.63, 3.8) is 0 Å². The molecule has 2 aliphatic heterocycles. The first-order chi connectivity index (χ1) is 12.2. The van der Waals surface area contributed by atoms with E-state index in [0.29, 0.717) is 23.7 Å². The first kappa shape index (κ1) is 16.8. The molecule has 1 aromatic heterocycles. The van der Waals surface area contributed by atoms with Crippen LogP contribution in [-0.4, -0.2) is 66.5 Å². The predicted octanol–water partition coefficient (Wildman–Crippen LogP) is 2.10. The van der Waals surface area contributed by atoms with Crippen LogP contribution in [0.1, 0.15) is 26.2 Å². The standard InChI is InChI=1S/C20H30N4O/c1-16-13-18(16)20(25)24-8-4-5-17(15-24)14-22-9-11-23(12-10-22)19-6-2-3-7-21-19/h2-3,6-7,16-18H,4-5,8-15H2,1H3/t16-,17-,18+/m1/s1. The van der Waals surface area contributed by atoms with Gasteiger partial charge in [-0.05, 0) is 43.2 Å². The molecule has 3 aliphatic rings. The number of aromatic nitrogens is 1. The summed E-state index contributed by atoms with van der Waals surface area (Å²) in [4.78, 5) is 24.1. The highest BCUT2D eigenvalue weighted by molar-refractivity contribution is 5.81.